The summed E-state index contributed by atoms with van der Waals surface area (Å²) >= 11 is 0. The lowest BCUT2D eigenvalue weighted by Gasteiger charge is -2.29. The van der Waals surface area contributed by atoms with Gasteiger partial charge in [0.1, 0.15) is 24.4 Å². The van der Waals surface area contributed by atoms with Gasteiger partial charge in [-0.25, -0.2) is 0 Å². The molecule has 7 nitrogen and oxygen atoms in total. The van der Waals surface area contributed by atoms with E-state index in [-0.39, 0.29) is 21.0 Å². The van der Waals surface area contributed by atoms with Crippen LogP contribution in [0.4, 0.5) is 0 Å². The Morgan fingerprint density at radius 2 is 0.222 bits per heavy atom. The first-order valence-electron chi connectivity index (χ1n) is 42.3. The monoisotopic (exact) mass is 1420 g/mol. The van der Waals surface area contributed by atoms with Crippen molar-refractivity contribution in [2.24, 2.45) is 166 Å². The van der Waals surface area contributed by atoms with Crippen LogP contribution < -0.4 is 6.15 Å². The SMILES string of the molecule is C.C.CCC(C)C(C)C(C)C(C)CC.CCC(C)C(C)C(C)C(C)CC.CCC(C)C(C)C(C)C(C)CC.CCC(C)C(C)C(C)C(C)CC.CCC(C)C(C)C(C)C(C)CC.CCC(C)C(C)C(C)C(C)CC.CCC(C)C(C)C(C)C(C)CC.N.OCC(O)C(O)C(O)C(O)CO. The summed E-state index contributed by atoms with van der Waals surface area (Å²) in [5.41, 5.74) is 0. The van der Waals surface area contributed by atoms with Crippen LogP contribution in [0.5, 0.6) is 0 Å². The summed E-state index contributed by atoms with van der Waals surface area (Å²) in [5, 5.41) is 52.2. The maximum atomic E-state index is 8.96. The van der Waals surface area contributed by atoms with E-state index in [0.717, 1.165) is 166 Å². The Balaban J connectivity index is -0.0000000989. The van der Waals surface area contributed by atoms with E-state index in [9.17, 15) is 0 Å². The van der Waals surface area contributed by atoms with E-state index in [4.69, 9.17) is 30.6 Å². The third-order valence-electron chi connectivity index (χ3n) is 28.9. The van der Waals surface area contributed by atoms with Gasteiger partial charge in [0.25, 0.3) is 0 Å². The van der Waals surface area contributed by atoms with Gasteiger partial charge >= 0.3 is 0 Å². The molecule has 7 heteroatoms. The maximum Gasteiger partial charge on any atom is 0.111 e. The minimum absolute atomic E-state index is 0. The highest BCUT2D eigenvalue weighted by Gasteiger charge is 2.30. The zero-order chi connectivity index (χ0) is 77.8. The molecule has 0 heterocycles. The standard InChI is InChI=1S/7C12H26.C6H14O6.2CH4.H3N/c7*1-7-9(3)11(5)12(6)10(4)8-2;7-1-3(9)5(11)6(12)4(10)2-8;;;/h7*9-12H,7-8H2,1-6H3;3-12H,1-2H2;2*1H4;1H3. The fourth-order valence-electron chi connectivity index (χ4n) is 13.1. The molecular formula is C92H207NO6. The number of hydrogen-bond donors (Lipinski definition) is 7. The van der Waals surface area contributed by atoms with Gasteiger partial charge in [-0.15, -0.1) is 0 Å². The predicted octanol–water partition coefficient (Wildman–Crippen LogP) is 28.3. The minimum Gasteiger partial charge on any atom is -0.394 e. The van der Waals surface area contributed by atoms with Crippen LogP contribution in [0.3, 0.4) is 0 Å². The largest absolute Gasteiger partial charge is 0.394 e. The molecule has 0 aliphatic rings. The quantitative estimate of drug-likeness (QED) is 0.0322. The van der Waals surface area contributed by atoms with Crippen LogP contribution in [0.1, 0.15) is 396 Å². The molecule has 0 radical (unpaired) electrons. The van der Waals surface area contributed by atoms with Crippen molar-refractivity contribution < 1.29 is 30.6 Å². The summed E-state index contributed by atoms with van der Waals surface area (Å²) in [6.45, 7) is 97.7. The Morgan fingerprint density at radius 1 is 0.162 bits per heavy atom. The van der Waals surface area contributed by atoms with Crippen LogP contribution in [0, 0.1) is 166 Å². The van der Waals surface area contributed by atoms with E-state index < -0.39 is 37.6 Å². The first-order chi connectivity index (χ1) is 44.3. The molecule has 0 aromatic rings. The molecule has 0 spiro atoms. The zero-order valence-corrected chi connectivity index (χ0v) is 75.2. The van der Waals surface area contributed by atoms with Gasteiger partial charge in [-0.1, -0.05) is 396 Å². The smallest absolute Gasteiger partial charge is 0.111 e. The van der Waals surface area contributed by atoms with Crippen molar-refractivity contribution >= 4 is 0 Å². The van der Waals surface area contributed by atoms with E-state index in [1.807, 2.05) is 0 Å². The first-order valence-corrected chi connectivity index (χ1v) is 42.3. The minimum atomic E-state index is -1.67. The van der Waals surface area contributed by atoms with Gasteiger partial charge in [0.2, 0.25) is 0 Å². The van der Waals surface area contributed by atoms with Crippen molar-refractivity contribution in [2.45, 2.75) is 420 Å². The Labute approximate surface area is 632 Å². The highest BCUT2D eigenvalue weighted by molar-refractivity contribution is 4.81. The van der Waals surface area contributed by atoms with Gasteiger partial charge in [0.05, 0.1) is 13.2 Å². The second-order valence-electron chi connectivity index (χ2n) is 33.9. The second-order valence-corrected chi connectivity index (χ2v) is 33.9. The van der Waals surface area contributed by atoms with Gasteiger partial charge < -0.3 is 36.8 Å². The van der Waals surface area contributed by atoms with E-state index in [1.165, 1.54) is 89.9 Å². The molecular weight excluding hydrogens is 1220 g/mol. The molecule has 32 unspecified atom stereocenters. The van der Waals surface area contributed by atoms with Crippen molar-refractivity contribution in [2.75, 3.05) is 13.2 Å². The molecule has 0 aliphatic heterocycles. The maximum absolute atomic E-state index is 8.96. The van der Waals surface area contributed by atoms with Crippen LogP contribution in [-0.4, -0.2) is 68.3 Å². The van der Waals surface area contributed by atoms with Crippen LogP contribution in [0.2, 0.25) is 0 Å². The fraction of sp³-hybridized carbons (Fsp3) is 1.00. The van der Waals surface area contributed by atoms with Crippen molar-refractivity contribution in [3.63, 3.8) is 0 Å². The number of aliphatic hydroxyl groups is 6. The Hall–Kier alpha value is -0.280. The van der Waals surface area contributed by atoms with Crippen molar-refractivity contribution in [1.29, 1.82) is 0 Å². The average Bonchev–Trinajstić information content (AvgIpc) is 1.30. The van der Waals surface area contributed by atoms with Crippen LogP contribution in [0.15, 0.2) is 0 Å². The Bertz CT molecular complexity index is 1120. The number of rotatable bonds is 40. The molecule has 0 saturated heterocycles. The lowest BCUT2D eigenvalue weighted by atomic mass is 9.77. The molecule has 0 aliphatic carbocycles. The molecule has 99 heavy (non-hydrogen) atoms. The summed E-state index contributed by atoms with van der Waals surface area (Å²) in [7, 11) is 0. The first kappa shape index (κ1) is 123. The summed E-state index contributed by atoms with van der Waals surface area (Å²) in [6.07, 6.45) is 12.1. The van der Waals surface area contributed by atoms with E-state index in [2.05, 4.69) is 291 Å². The van der Waals surface area contributed by atoms with Crippen LogP contribution in [0.25, 0.3) is 0 Å². The highest BCUT2D eigenvalue weighted by atomic mass is 16.4. The Morgan fingerprint density at radius 3 is 0.263 bits per heavy atom. The molecule has 9 N–H and O–H groups in total. The molecule has 0 fully saturated rings. The van der Waals surface area contributed by atoms with Crippen LogP contribution >= 0.6 is 0 Å². The summed E-state index contributed by atoms with van der Waals surface area (Å²) in [4.78, 5) is 0. The van der Waals surface area contributed by atoms with Gasteiger partial charge in [0.15, 0.2) is 0 Å². The van der Waals surface area contributed by atoms with E-state index in [0.29, 0.717) is 0 Å². The van der Waals surface area contributed by atoms with Gasteiger partial charge in [-0.05, 0) is 166 Å². The number of hydrogen-bond acceptors (Lipinski definition) is 7. The normalized spacial score (nSPS) is 20.8. The van der Waals surface area contributed by atoms with Gasteiger partial charge in [-0.2, -0.15) is 0 Å². The third-order valence-corrected chi connectivity index (χ3v) is 28.9. The molecule has 0 saturated carbocycles. The van der Waals surface area contributed by atoms with Gasteiger partial charge in [0, 0.05) is 0 Å². The second kappa shape index (κ2) is 73.2. The fourth-order valence-corrected chi connectivity index (χ4v) is 13.1. The molecule has 616 valence electrons. The van der Waals surface area contributed by atoms with E-state index >= 15 is 0 Å². The van der Waals surface area contributed by atoms with Crippen molar-refractivity contribution in [3.05, 3.63) is 0 Å². The molecule has 0 aromatic heterocycles. The molecule has 0 amide bonds. The van der Waals surface area contributed by atoms with Crippen LogP contribution in [-0.2, 0) is 0 Å². The highest BCUT2D eigenvalue weighted by Crippen LogP contribution is 2.35. The zero-order valence-electron chi connectivity index (χ0n) is 75.2. The summed E-state index contributed by atoms with van der Waals surface area (Å²) < 4.78 is 0. The molecule has 0 aromatic carbocycles. The topological polar surface area (TPSA) is 156 Å². The van der Waals surface area contributed by atoms with Crippen molar-refractivity contribution in [3.8, 4) is 0 Å². The predicted molar refractivity (Wildman–Crippen MR) is 457 cm³/mol. The molecule has 32 atom stereocenters. The Kier molecular flexibility index (Phi) is 90.6. The summed E-state index contributed by atoms with van der Waals surface area (Å²) in [6, 6.07) is 0. The summed E-state index contributed by atoms with van der Waals surface area (Å²) in [5.74, 6) is 24.7. The molecule has 0 rings (SSSR count). The van der Waals surface area contributed by atoms with E-state index in [1.54, 1.807) is 0 Å². The third kappa shape index (κ3) is 54.9. The lowest BCUT2D eigenvalue weighted by Crippen LogP contribution is -2.46. The number of aliphatic hydroxyl groups excluding tert-OH is 6. The molecule has 0 bridgehead atoms. The van der Waals surface area contributed by atoms with Gasteiger partial charge in [-0.3, -0.25) is 0 Å². The average molecular weight is 1420 g/mol. The lowest BCUT2D eigenvalue weighted by molar-refractivity contribution is -0.123. The van der Waals surface area contributed by atoms with Crippen molar-refractivity contribution in [1.82, 2.24) is 6.15 Å².